The Hall–Kier alpha value is -6.63. The van der Waals surface area contributed by atoms with E-state index < -0.39 is 107 Å². The van der Waals surface area contributed by atoms with Crippen LogP contribution in [0.1, 0.15) is 89.9 Å². The lowest BCUT2D eigenvalue weighted by Crippen LogP contribution is -2.67. The molecule has 2 aliphatic heterocycles. The van der Waals surface area contributed by atoms with E-state index in [2.05, 4.69) is 20.3 Å². The highest BCUT2D eigenvalue weighted by Crippen LogP contribution is 2.70. The third-order valence-electron chi connectivity index (χ3n) is 17.4. The highest BCUT2D eigenvalue weighted by molar-refractivity contribution is 6.14. The Morgan fingerprint density at radius 2 is 1.68 bits per heavy atom. The van der Waals surface area contributed by atoms with Crippen molar-refractivity contribution in [1.29, 1.82) is 0 Å². The molecule has 0 radical (unpaired) electrons. The predicted molar refractivity (Wildman–Crippen MR) is 271 cm³/mol. The average molecular weight is 1050 g/mol. The largest absolute Gasteiger partial charge is 0.508 e. The first kappa shape index (κ1) is 51.5. The fourth-order valence-electron chi connectivity index (χ4n) is 13.9. The fourth-order valence-corrected chi connectivity index (χ4v) is 13.9. The summed E-state index contributed by atoms with van der Waals surface area (Å²) in [6.45, 7) is -0.651. The van der Waals surface area contributed by atoms with Crippen LogP contribution in [-0.2, 0) is 19.7 Å². The van der Waals surface area contributed by atoms with E-state index in [4.69, 9.17) is 15.2 Å². The van der Waals surface area contributed by atoms with Gasteiger partial charge < -0.3 is 86.7 Å². The molecule has 0 unspecified atom stereocenters. The number of phenolic OH excluding ortho intramolecular Hbond substituents is 2. The first-order valence-corrected chi connectivity index (χ1v) is 25.6. The summed E-state index contributed by atoms with van der Waals surface area (Å²) in [4.78, 5) is 42.6. The zero-order valence-corrected chi connectivity index (χ0v) is 41.1. The van der Waals surface area contributed by atoms with Crippen LogP contribution < -0.4 is 20.7 Å². The first-order valence-electron chi connectivity index (χ1n) is 25.6. The molecular weight excluding hydrogens is 985 g/mol. The minimum absolute atomic E-state index is 0.0600. The van der Waals surface area contributed by atoms with Gasteiger partial charge in [-0.3, -0.25) is 9.69 Å². The Morgan fingerprint density at radius 3 is 2.38 bits per heavy atom. The predicted octanol–water partition coefficient (Wildman–Crippen LogP) is 1.85. The molecule has 16 N–H and O–H groups in total. The molecular formula is C55H62N6O15. The van der Waals surface area contributed by atoms with Gasteiger partial charge in [0.2, 0.25) is 0 Å². The van der Waals surface area contributed by atoms with Gasteiger partial charge in [0.1, 0.15) is 29.9 Å². The van der Waals surface area contributed by atoms with E-state index in [9.17, 15) is 61.0 Å². The molecule has 1 saturated heterocycles. The number of anilines is 2. The number of carboxylic acid groups (broad SMARTS) is 1. The smallest absolute Gasteiger partial charge is 0.355 e. The van der Waals surface area contributed by atoms with Crippen molar-refractivity contribution in [2.45, 2.75) is 116 Å². The average Bonchev–Trinajstić information content (AvgIpc) is 4.43. The van der Waals surface area contributed by atoms with Gasteiger partial charge in [-0.05, 0) is 90.3 Å². The van der Waals surface area contributed by atoms with Crippen LogP contribution in [0.3, 0.4) is 0 Å². The number of aliphatic carboxylic acids is 1. The molecule has 21 nitrogen and oxygen atoms in total. The summed E-state index contributed by atoms with van der Waals surface area (Å²) in [5.74, 6) is -9.35. The van der Waals surface area contributed by atoms with Crippen molar-refractivity contribution in [3.63, 3.8) is 0 Å². The number of carbonyl (C=O) groups excluding carboxylic acids is 1. The maximum atomic E-state index is 15.6. The zero-order valence-electron chi connectivity index (χ0n) is 41.1. The molecule has 2 aromatic heterocycles. The lowest BCUT2D eigenvalue weighted by Gasteiger charge is -2.46. The first-order chi connectivity index (χ1) is 36.5. The Balaban J connectivity index is 1.04. The number of aliphatic hydroxyl groups is 8. The van der Waals surface area contributed by atoms with Crippen LogP contribution in [-0.4, -0.2) is 157 Å². The van der Waals surface area contributed by atoms with Crippen molar-refractivity contribution >= 4 is 29.5 Å². The highest BCUT2D eigenvalue weighted by Gasteiger charge is 2.73. The van der Waals surface area contributed by atoms with Crippen LogP contribution >= 0.6 is 0 Å². The molecule has 5 aromatic rings. The SMILES string of the molecule is N[C@@H]1CCC[C@@]1(c1ccccc1)[C@H]1C2=C(C[C@@H](O)[C@@H](O)C2)[C@]2(C(=O)O)[C@H]1c1cc(O)c(O[C@]3(O)O[C@H](CO)[C@@H](O)[C@H](O)[C@H]3O)cc1N2C(=O)/C=C/c1ccc(O)c([C@H]2C[C@@H](CO)[C@H](CNc3ccc[nH]3)c3nc[nH]c32)c1. The van der Waals surface area contributed by atoms with Gasteiger partial charge >= 0.3 is 11.9 Å². The number of nitrogens with one attached hydrogen (secondary N) is 3. The molecule has 2 fully saturated rings. The van der Waals surface area contributed by atoms with Crippen molar-refractivity contribution in [2.75, 3.05) is 30.0 Å². The van der Waals surface area contributed by atoms with E-state index in [1.165, 1.54) is 18.2 Å². The number of hydrogen-bond acceptors (Lipinski definition) is 17. The number of aliphatic hydroxyl groups excluding tert-OH is 7. The minimum atomic E-state index is -3.23. The van der Waals surface area contributed by atoms with E-state index in [1.807, 2.05) is 42.5 Å². The molecule has 1 amide bonds. The number of imidazole rings is 1. The molecule has 0 spiro atoms. The second-order valence-corrected chi connectivity index (χ2v) is 21.2. The van der Waals surface area contributed by atoms with Gasteiger partial charge in [-0.1, -0.05) is 48.4 Å². The Labute approximate surface area is 435 Å². The van der Waals surface area contributed by atoms with Crippen molar-refractivity contribution < 1.29 is 75.2 Å². The Morgan fingerprint density at radius 1 is 0.908 bits per heavy atom. The number of phenols is 2. The molecule has 1 saturated carbocycles. The number of hydrogen-bond donors (Lipinski definition) is 15. The normalized spacial score (nSPS) is 34.7. The number of fused-ring (bicyclic) bond motifs is 5. The monoisotopic (exact) mass is 1050 g/mol. The molecule has 0 bridgehead atoms. The lowest BCUT2D eigenvalue weighted by molar-refractivity contribution is -0.422. The van der Waals surface area contributed by atoms with Crippen LogP contribution in [0.25, 0.3) is 6.08 Å². The third-order valence-corrected chi connectivity index (χ3v) is 17.4. The lowest BCUT2D eigenvalue weighted by atomic mass is 9.59. The number of aromatic amines is 2. The van der Waals surface area contributed by atoms with Crippen LogP contribution in [0, 0.1) is 11.8 Å². The van der Waals surface area contributed by atoms with Crippen molar-refractivity contribution in [1.82, 2.24) is 15.0 Å². The maximum absolute atomic E-state index is 15.6. The molecule has 4 aliphatic carbocycles. The number of benzene rings is 3. The van der Waals surface area contributed by atoms with Gasteiger partial charge in [0.05, 0.1) is 36.5 Å². The molecule has 3 aromatic carbocycles. The number of carbonyl (C=O) groups is 2. The molecule has 402 valence electrons. The number of aromatic nitrogens is 3. The molecule has 6 aliphatic rings. The maximum Gasteiger partial charge on any atom is 0.355 e. The Bertz CT molecular complexity index is 3080. The topological polar surface area (TPSA) is 361 Å². The zero-order chi connectivity index (χ0) is 53.6. The number of H-pyrrole nitrogens is 2. The van der Waals surface area contributed by atoms with Crippen LogP contribution in [0.5, 0.6) is 17.2 Å². The highest BCUT2D eigenvalue weighted by atomic mass is 16.8. The van der Waals surface area contributed by atoms with Gasteiger partial charge in [0.15, 0.2) is 23.1 Å². The van der Waals surface area contributed by atoms with Crippen LogP contribution in [0.2, 0.25) is 0 Å². The van der Waals surface area contributed by atoms with E-state index in [-0.39, 0.29) is 53.9 Å². The van der Waals surface area contributed by atoms with Crippen molar-refractivity contribution in [3.05, 3.63) is 136 Å². The number of rotatable bonds is 13. The van der Waals surface area contributed by atoms with Crippen LogP contribution in [0.15, 0.2) is 103 Å². The molecule has 21 heteroatoms. The number of ether oxygens (including phenoxy) is 2. The van der Waals surface area contributed by atoms with Gasteiger partial charge in [0.25, 0.3) is 5.91 Å². The summed E-state index contributed by atoms with van der Waals surface area (Å²) in [5.41, 5.74) is 7.62. The number of aromatic hydroxyl groups is 2. The quantitative estimate of drug-likeness (QED) is 0.0454. The van der Waals surface area contributed by atoms with Gasteiger partial charge in [0, 0.05) is 84.3 Å². The van der Waals surface area contributed by atoms with Gasteiger partial charge in [-0.25, -0.2) is 9.78 Å². The second kappa shape index (κ2) is 19.4. The molecule has 4 heterocycles. The fraction of sp³-hybridized carbons (Fsp3) is 0.436. The number of carboxylic acids is 1. The van der Waals surface area contributed by atoms with E-state index in [0.29, 0.717) is 48.9 Å². The van der Waals surface area contributed by atoms with E-state index in [1.54, 1.807) is 24.7 Å². The summed E-state index contributed by atoms with van der Waals surface area (Å²) in [7, 11) is 0. The summed E-state index contributed by atoms with van der Waals surface area (Å²) in [6.07, 6.45) is -3.33. The number of nitrogens with two attached hydrogens (primary N) is 1. The van der Waals surface area contributed by atoms with E-state index >= 15 is 4.79 Å². The molecule has 11 rings (SSSR count). The molecule has 76 heavy (non-hydrogen) atoms. The van der Waals surface area contributed by atoms with Gasteiger partial charge in [-0.2, -0.15) is 0 Å². The standard InChI is InChI=1S/C55H62N6O15/c56-42-8-4-14-53(42,28-6-2-1-3-7-28)45-31-18-37(65)38(66)20-34(31)54(52(72)73)46(45)32-19-39(67)40(75-55(74)51(71)50(70)49(69)41(24-63)76-55)21-35(32)61(54)44(68)13-11-26-10-12-36(64)29(16-26)30-17-27(23-62)33(48-47(30)59-25-60-48)22-58-43-9-5-15-57-43/h1-3,5-7,9-13,15-16,19,21,25,27,30,33,37-38,41-42,45-46,49-51,57-58,62-67,69-71,74H,4,8,14,17-18,20,22-24,56H2,(H,59,60)(H,72,73)/b13-11+/t27-,30+,33-,37-,38+,41+,42+,45-,46-,49+,50-,51+,53-,54+,55-/m0/s1. The van der Waals surface area contributed by atoms with Gasteiger partial charge in [-0.15, -0.1) is 0 Å². The number of nitrogens with zero attached hydrogens (tertiary/aromatic N) is 2. The van der Waals surface area contributed by atoms with E-state index in [0.717, 1.165) is 39.8 Å². The third kappa shape index (κ3) is 7.86. The summed E-state index contributed by atoms with van der Waals surface area (Å²) < 4.78 is 11.1. The van der Waals surface area contributed by atoms with Crippen molar-refractivity contribution in [3.8, 4) is 17.2 Å². The molecule has 15 atom stereocenters. The minimum Gasteiger partial charge on any atom is -0.508 e. The second-order valence-electron chi connectivity index (χ2n) is 21.2. The van der Waals surface area contributed by atoms with Crippen molar-refractivity contribution in [2.24, 2.45) is 17.6 Å². The summed E-state index contributed by atoms with van der Waals surface area (Å²) in [5, 5.41) is 126. The number of amides is 1. The summed E-state index contributed by atoms with van der Waals surface area (Å²) in [6, 6.07) is 19.6. The summed E-state index contributed by atoms with van der Waals surface area (Å²) >= 11 is 0. The van der Waals surface area contributed by atoms with Crippen LogP contribution in [0.4, 0.5) is 11.5 Å². The Kier molecular flexibility index (Phi) is 13.2.